The van der Waals surface area contributed by atoms with Crippen LogP contribution in [0.4, 0.5) is 4.39 Å². The lowest BCUT2D eigenvalue weighted by Crippen LogP contribution is -2.49. The van der Waals surface area contributed by atoms with Crippen LogP contribution in [-0.4, -0.2) is 41.9 Å². The number of carbonyl (C=O) groups excluding carboxylic acids is 1. The van der Waals surface area contributed by atoms with Gasteiger partial charge >= 0.3 is 0 Å². The number of benzene rings is 2. The van der Waals surface area contributed by atoms with E-state index in [4.69, 9.17) is 11.6 Å². The number of nitrogens with zero attached hydrogens (tertiary/aromatic N) is 3. The van der Waals surface area contributed by atoms with Crippen molar-refractivity contribution in [1.29, 1.82) is 5.26 Å². The molecule has 0 aromatic heterocycles. The van der Waals surface area contributed by atoms with Crippen molar-refractivity contribution < 1.29 is 9.18 Å². The number of nitriles is 1. The normalized spacial score (nSPS) is 16.3. The molecule has 2 aromatic rings. The zero-order valence-corrected chi connectivity index (χ0v) is 14.3. The van der Waals surface area contributed by atoms with E-state index in [0.29, 0.717) is 36.8 Å². The molecule has 0 spiro atoms. The van der Waals surface area contributed by atoms with Gasteiger partial charge < -0.3 is 4.90 Å². The van der Waals surface area contributed by atoms with Gasteiger partial charge in [-0.05, 0) is 42.0 Å². The highest BCUT2D eigenvalue weighted by Crippen LogP contribution is 2.24. The maximum Gasteiger partial charge on any atom is 0.253 e. The smallest absolute Gasteiger partial charge is 0.253 e. The van der Waals surface area contributed by atoms with Gasteiger partial charge in [0.25, 0.3) is 5.91 Å². The van der Waals surface area contributed by atoms with Gasteiger partial charge in [-0.2, -0.15) is 5.26 Å². The largest absolute Gasteiger partial charge is 0.336 e. The van der Waals surface area contributed by atoms with Crippen LogP contribution in [0, 0.1) is 17.1 Å². The first-order chi connectivity index (χ1) is 12.1. The molecule has 1 aliphatic rings. The van der Waals surface area contributed by atoms with E-state index >= 15 is 0 Å². The highest BCUT2D eigenvalue weighted by molar-refractivity contribution is 6.30. The van der Waals surface area contributed by atoms with Crippen LogP contribution in [0.25, 0.3) is 0 Å². The monoisotopic (exact) mass is 357 g/mol. The molecule has 1 fully saturated rings. The summed E-state index contributed by atoms with van der Waals surface area (Å²) in [5.41, 5.74) is 1.33. The molecule has 2 aromatic carbocycles. The molecule has 128 valence electrons. The number of hydrogen-bond donors (Lipinski definition) is 0. The zero-order valence-electron chi connectivity index (χ0n) is 13.5. The molecule has 1 atom stereocenters. The van der Waals surface area contributed by atoms with Crippen LogP contribution in [0.2, 0.25) is 5.02 Å². The molecule has 3 rings (SSSR count). The number of hydrogen-bond acceptors (Lipinski definition) is 3. The number of halogens is 2. The predicted molar refractivity (Wildman–Crippen MR) is 93.7 cm³/mol. The predicted octanol–water partition coefficient (Wildman–Crippen LogP) is 3.50. The Morgan fingerprint density at radius 1 is 1.12 bits per heavy atom. The van der Waals surface area contributed by atoms with Crippen molar-refractivity contribution in [3.63, 3.8) is 0 Å². The van der Waals surface area contributed by atoms with Gasteiger partial charge in [-0.3, -0.25) is 9.69 Å². The van der Waals surface area contributed by atoms with Gasteiger partial charge in [0, 0.05) is 36.8 Å². The van der Waals surface area contributed by atoms with Gasteiger partial charge in [0.1, 0.15) is 11.9 Å². The van der Waals surface area contributed by atoms with Gasteiger partial charge in [0.05, 0.1) is 6.07 Å². The highest BCUT2D eigenvalue weighted by Gasteiger charge is 2.27. The van der Waals surface area contributed by atoms with E-state index in [9.17, 15) is 14.4 Å². The second-order valence-electron chi connectivity index (χ2n) is 5.92. The summed E-state index contributed by atoms with van der Waals surface area (Å²) in [7, 11) is 0. The lowest BCUT2D eigenvalue weighted by Gasteiger charge is -2.37. The summed E-state index contributed by atoms with van der Waals surface area (Å²) in [6, 6.07) is 14.8. The van der Waals surface area contributed by atoms with Gasteiger partial charge in [-0.15, -0.1) is 0 Å². The lowest BCUT2D eigenvalue weighted by atomic mass is 10.1. The molecule has 1 unspecified atom stereocenters. The van der Waals surface area contributed by atoms with E-state index in [-0.39, 0.29) is 17.8 Å². The van der Waals surface area contributed by atoms with Gasteiger partial charge in [-0.25, -0.2) is 4.39 Å². The van der Waals surface area contributed by atoms with E-state index in [1.807, 2.05) is 17.0 Å². The summed E-state index contributed by atoms with van der Waals surface area (Å²) in [6.45, 7) is 2.24. The molecular formula is C19H17ClFN3O. The molecule has 1 saturated heterocycles. The van der Waals surface area contributed by atoms with Crippen molar-refractivity contribution >= 4 is 17.5 Å². The van der Waals surface area contributed by atoms with Gasteiger partial charge in [-0.1, -0.05) is 23.7 Å². The minimum atomic E-state index is -0.387. The third kappa shape index (κ3) is 3.98. The van der Waals surface area contributed by atoms with Crippen LogP contribution < -0.4 is 0 Å². The number of amides is 1. The number of rotatable bonds is 3. The van der Waals surface area contributed by atoms with Crippen LogP contribution in [0.15, 0.2) is 48.5 Å². The Morgan fingerprint density at radius 2 is 1.80 bits per heavy atom. The van der Waals surface area contributed by atoms with E-state index in [2.05, 4.69) is 6.07 Å². The number of carbonyl (C=O) groups is 1. The van der Waals surface area contributed by atoms with Crippen molar-refractivity contribution in [2.24, 2.45) is 0 Å². The van der Waals surface area contributed by atoms with Crippen LogP contribution in [-0.2, 0) is 0 Å². The molecule has 0 saturated carbocycles. The minimum absolute atomic E-state index is 0.115. The van der Waals surface area contributed by atoms with Crippen LogP contribution >= 0.6 is 11.6 Å². The molecule has 25 heavy (non-hydrogen) atoms. The van der Waals surface area contributed by atoms with E-state index in [1.165, 1.54) is 24.3 Å². The fraction of sp³-hybridized carbons (Fsp3) is 0.263. The third-order valence-corrected chi connectivity index (χ3v) is 4.58. The summed E-state index contributed by atoms with van der Waals surface area (Å²) in [4.78, 5) is 16.2. The van der Waals surface area contributed by atoms with Crippen molar-refractivity contribution in [2.45, 2.75) is 6.04 Å². The summed E-state index contributed by atoms with van der Waals surface area (Å²) in [5.74, 6) is -0.476. The maximum absolute atomic E-state index is 13.0. The first-order valence-electron chi connectivity index (χ1n) is 8.02. The summed E-state index contributed by atoms with van der Waals surface area (Å²) in [6.07, 6.45) is 0. The van der Waals surface area contributed by atoms with E-state index in [0.717, 1.165) is 5.56 Å². The Balaban J connectivity index is 1.65. The first kappa shape index (κ1) is 17.4. The topological polar surface area (TPSA) is 47.3 Å². The standard InChI is InChI=1S/C19H17ClFN3O/c20-16-3-1-2-15(12-16)18(13-22)23-8-10-24(11-9-23)19(25)14-4-6-17(21)7-5-14/h1-7,12,18H,8-11H2. The molecule has 6 heteroatoms. The molecule has 0 bridgehead atoms. The first-order valence-corrected chi connectivity index (χ1v) is 8.40. The molecule has 1 amide bonds. The van der Waals surface area contributed by atoms with Crippen LogP contribution in [0.3, 0.4) is 0 Å². The molecule has 1 heterocycles. The fourth-order valence-electron chi connectivity index (χ4n) is 3.00. The average Bonchev–Trinajstić information content (AvgIpc) is 2.63. The minimum Gasteiger partial charge on any atom is -0.336 e. The van der Waals surface area contributed by atoms with Crippen LogP contribution in [0.1, 0.15) is 22.0 Å². The molecule has 0 N–H and O–H groups in total. The van der Waals surface area contributed by atoms with Crippen molar-refractivity contribution in [3.8, 4) is 6.07 Å². The number of piperazine rings is 1. The second kappa shape index (κ2) is 7.64. The SMILES string of the molecule is N#CC(c1cccc(Cl)c1)N1CCN(C(=O)c2ccc(F)cc2)CC1. The molecular weight excluding hydrogens is 341 g/mol. The van der Waals surface area contributed by atoms with Crippen molar-refractivity contribution in [2.75, 3.05) is 26.2 Å². The average molecular weight is 358 g/mol. The highest BCUT2D eigenvalue weighted by atomic mass is 35.5. The Morgan fingerprint density at radius 3 is 2.40 bits per heavy atom. The summed E-state index contributed by atoms with van der Waals surface area (Å²) >= 11 is 6.02. The van der Waals surface area contributed by atoms with Gasteiger partial charge in [0.15, 0.2) is 0 Å². The Labute approximate surface area is 151 Å². The van der Waals surface area contributed by atoms with Crippen LogP contribution in [0.5, 0.6) is 0 Å². The summed E-state index contributed by atoms with van der Waals surface area (Å²) < 4.78 is 13.0. The maximum atomic E-state index is 13.0. The lowest BCUT2D eigenvalue weighted by molar-refractivity contribution is 0.0606. The molecule has 1 aliphatic heterocycles. The molecule has 0 radical (unpaired) electrons. The van der Waals surface area contributed by atoms with Crippen molar-refractivity contribution in [3.05, 3.63) is 70.5 Å². The van der Waals surface area contributed by atoms with E-state index < -0.39 is 0 Å². The molecule has 0 aliphatic carbocycles. The Kier molecular flexibility index (Phi) is 5.32. The van der Waals surface area contributed by atoms with Gasteiger partial charge in [0.2, 0.25) is 0 Å². The quantitative estimate of drug-likeness (QED) is 0.844. The second-order valence-corrected chi connectivity index (χ2v) is 6.36. The zero-order chi connectivity index (χ0) is 17.8. The van der Waals surface area contributed by atoms with Crippen molar-refractivity contribution in [1.82, 2.24) is 9.80 Å². The molecule has 4 nitrogen and oxygen atoms in total. The van der Waals surface area contributed by atoms with E-state index in [1.54, 1.807) is 17.0 Å². The summed E-state index contributed by atoms with van der Waals surface area (Å²) in [5, 5.41) is 10.2. The third-order valence-electron chi connectivity index (χ3n) is 4.34. The fourth-order valence-corrected chi connectivity index (χ4v) is 3.20. The Hall–Kier alpha value is -2.42. The Bertz CT molecular complexity index is 795.